The van der Waals surface area contributed by atoms with Crippen molar-refractivity contribution in [2.75, 3.05) is 5.75 Å². The highest BCUT2D eigenvalue weighted by Gasteiger charge is 2.60. The Morgan fingerprint density at radius 1 is 0.944 bits per heavy atom. The number of carbonyl (C=O) groups is 3. The predicted molar refractivity (Wildman–Crippen MR) is 139 cm³/mol. The first-order valence-corrected chi connectivity index (χ1v) is 12.9. The number of fused-ring (bicyclic) bond motifs is 1. The average Bonchev–Trinajstić information content (AvgIpc) is 2.90. The van der Waals surface area contributed by atoms with Crippen molar-refractivity contribution in [2.24, 2.45) is 0 Å². The molecule has 8 heteroatoms. The minimum Gasteiger partial charge on any atom is -0.480 e. The number of hydrogen-bond donors (Lipinski definition) is 2. The maximum atomic E-state index is 13.5. The number of carboxylic acid groups (broad SMARTS) is 1. The van der Waals surface area contributed by atoms with Crippen LogP contribution in [-0.2, 0) is 26.2 Å². The van der Waals surface area contributed by atoms with Crippen LogP contribution in [0.25, 0.3) is 0 Å². The third-order valence-corrected chi connectivity index (χ3v) is 8.29. The number of nitrogens with one attached hydrogen (secondary N) is 1. The Morgan fingerprint density at radius 2 is 1.47 bits per heavy atom. The van der Waals surface area contributed by atoms with E-state index in [0.717, 1.165) is 5.56 Å². The normalized spacial score (nSPS) is 19.4. The molecule has 0 saturated carbocycles. The van der Waals surface area contributed by atoms with Crippen molar-refractivity contribution in [1.29, 1.82) is 0 Å². The molecular formula is C28H23ClN2O4S. The third-order valence-electron chi connectivity index (χ3n) is 6.54. The molecule has 2 heterocycles. The van der Waals surface area contributed by atoms with Gasteiger partial charge in [-0.1, -0.05) is 103 Å². The lowest BCUT2D eigenvalue weighted by atomic mass is 9.70. The van der Waals surface area contributed by atoms with Gasteiger partial charge in [-0.2, -0.15) is 0 Å². The zero-order valence-corrected chi connectivity index (χ0v) is 20.7. The Balaban J connectivity index is 1.53. The monoisotopic (exact) mass is 518 g/mol. The fourth-order valence-electron chi connectivity index (χ4n) is 4.92. The van der Waals surface area contributed by atoms with Gasteiger partial charge >= 0.3 is 5.97 Å². The predicted octanol–water partition coefficient (Wildman–Crippen LogP) is 4.15. The number of aliphatic carboxylic acids is 1. The van der Waals surface area contributed by atoms with Crippen molar-refractivity contribution in [3.8, 4) is 0 Å². The van der Waals surface area contributed by atoms with Gasteiger partial charge in [-0.3, -0.25) is 19.3 Å². The number of carbonyl (C=O) groups excluding carboxylic acids is 2. The Bertz CT molecular complexity index is 1290. The molecule has 0 aromatic heterocycles. The van der Waals surface area contributed by atoms with E-state index in [0.29, 0.717) is 21.9 Å². The largest absolute Gasteiger partial charge is 0.480 e. The van der Waals surface area contributed by atoms with Gasteiger partial charge in [-0.05, 0) is 16.7 Å². The first kappa shape index (κ1) is 24.2. The number of halogens is 1. The minimum absolute atomic E-state index is 0.151. The molecule has 182 valence electrons. The number of benzene rings is 3. The topological polar surface area (TPSA) is 86.7 Å². The van der Waals surface area contributed by atoms with Gasteiger partial charge in [-0.15, -0.1) is 11.8 Å². The Hall–Kier alpha value is -3.55. The molecule has 0 bridgehead atoms. The quantitative estimate of drug-likeness (QED) is 0.459. The lowest BCUT2D eigenvalue weighted by molar-refractivity contribution is -0.149. The van der Waals surface area contributed by atoms with Crippen molar-refractivity contribution in [3.63, 3.8) is 0 Å². The SMILES string of the molecule is O=C(Cc1ccccc1)NC1C(=O)N2C(C(C(=O)O)(c3ccccc3)c3ccccc3)=C(Cl)CSC12. The summed E-state index contributed by atoms with van der Waals surface area (Å²) < 4.78 is 0. The number of β-lactam (4-membered cyclic amide) rings is 1. The second-order valence-corrected chi connectivity index (χ2v) is 10.2. The fourth-order valence-corrected chi connectivity index (χ4v) is 6.53. The van der Waals surface area contributed by atoms with E-state index >= 15 is 0 Å². The molecular weight excluding hydrogens is 496 g/mol. The number of thioether (sulfide) groups is 1. The van der Waals surface area contributed by atoms with Gasteiger partial charge in [0.15, 0.2) is 5.41 Å². The van der Waals surface area contributed by atoms with Crippen LogP contribution in [0.15, 0.2) is 102 Å². The van der Waals surface area contributed by atoms with Crippen LogP contribution in [0.1, 0.15) is 16.7 Å². The molecule has 1 fully saturated rings. The number of amides is 2. The number of nitrogens with zero attached hydrogens (tertiary/aromatic N) is 1. The van der Waals surface area contributed by atoms with Crippen LogP contribution in [0, 0.1) is 0 Å². The number of hydrogen-bond acceptors (Lipinski definition) is 4. The summed E-state index contributed by atoms with van der Waals surface area (Å²) in [6, 6.07) is 26.2. The van der Waals surface area contributed by atoms with Crippen LogP contribution in [0.5, 0.6) is 0 Å². The van der Waals surface area contributed by atoms with Crippen molar-refractivity contribution in [1.82, 2.24) is 10.2 Å². The minimum atomic E-state index is -1.70. The summed E-state index contributed by atoms with van der Waals surface area (Å²) in [5.41, 5.74) is 0.361. The van der Waals surface area contributed by atoms with Crippen LogP contribution < -0.4 is 5.32 Å². The Kier molecular flexibility index (Phi) is 6.60. The molecule has 0 aliphatic carbocycles. The van der Waals surface area contributed by atoms with E-state index in [4.69, 9.17) is 11.6 Å². The van der Waals surface area contributed by atoms with Crippen LogP contribution >= 0.6 is 23.4 Å². The second kappa shape index (κ2) is 9.84. The van der Waals surface area contributed by atoms with Gasteiger partial charge < -0.3 is 10.4 Å². The van der Waals surface area contributed by atoms with Gasteiger partial charge in [0, 0.05) is 10.8 Å². The molecule has 2 atom stereocenters. The van der Waals surface area contributed by atoms with E-state index < -0.39 is 22.8 Å². The molecule has 2 aliphatic heterocycles. The van der Waals surface area contributed by atoms with Gasteiger partial charge in [0.1, 0.15) is 11.4 Å². The maximum Gasteiger partial charge on any atom is 0.324 e. The molecule has 5 rings (SSSR count). The molecule has 0 spiro atoms. The van der Waals surface area contributed by atoms with Crippen molar-refractivity contribution in [2.45, 2.75) is 23.3 Å². The lowest BCUT2D eigenvalue weighted by Crippen LogP contribution is -2.72. The summed E-state index contributed by atoms with van der Waals surface area (Å²) in [5, 5.41) is 13.5. The standard InChI is InChI=1S/C28H23ClN2O4S/c29-21-17-36-26-23(30-22(32)16-18-10-4-1-5-11-18)25(33)31(26)24(21)28(27(34)35,19-12-6-2-7-13-19)20-14-8-3-9-15-20/h1-15,23,26H,16-17H2,(H,30,32)(H,34,35). The summed E-state index contributed by atoms with van der Waals surface area (Å²) in [5.74, 6) is -1.45. The molecule has 2 unspecified atom stereocenters. The van der Waals surface area contributed by atoms with Gasteiger partial charge in [0.25, 0.3) is 5.91 Å². The first-order chi connectivity index (χ1) is 17.4. The Labute approximate surface area is 218 Å². The number of carboxylic acids is 1. The van der Waals surface area contributed by atoms with E-state index in [9.17, 15) is 19.5 Å². The summed E-state index contributed by atoms with van der Waals surface area (Å²) >= 11 is 8.16. The van der Waals surface area contributed by atoms with E-state index in [1.807, 2.05) is 42.5 Å². The average molecular weight is 519 g/mol. The highest BCUT2D eigenvalue weighted by Crippen LogP contribution is 2.51. The van der Waals surface area contributed by atoms with Crippen LogP contribution in [0.4, 0.5) is 0 Å². The molecule has 36 heavy (non-hydrogen) atoms. The van der Waals surface area contributed by atoms with E-state index in [-0.39, 0.29) is 23.9 Å². The molecule has 0 radical (unpaired) electrons. The zero-order chi connectivity index (χ0) is 25.3. The molecule has 3 aromatic carbocycles. The van der Waals surface area contributed by atoms with Crippen molar-refractivity contribution in [3.05, 3.63) is 118 Å². The molecule has 6 nitrogen and oxygen atoms in total. The smallest absolute Gasteiger partial charge is 0.324 e. The highest BCUT2D eigenvalue weighted by atomic mass is 35.5. The van der Waals surface area contributed by atoms with Gasteiger partial charge in [0.05, 0.1) is 12.1 Å². The van der Waals surface area contributed by atoms with Gasteiger partial charge in [-0.25, -0.2) is 0 Å². The molecule has 2 N–H and O–H groups in total. The Morgan fingerprint density at radius 3 is 2.00 bits per heavy atom. The number of rotatable bonds is 7. The maximum absolute atomic E-state index is 13.5. The van der Waals surface area contributed by atoms with Crippen LogP contribution in [-0.4, -0.2) is 45.0 Å². The lowest BCUT2D eigenvalue weighted by Gasteiger charge is -2.53. The van der Waals surface area contributed by atoms with E-state index in [1.54, 1.807) is 48.5 Å². The third kappa shape index (κ3) is 3.98. The van der Waals surface area contributed by atoms with Crippen molar-refractivity contribution < 1.29 is 19.5 Å². The zero-order valence-electron chi connectivity index (χ0n) is 19.1. The first-order valence-electron chi connectivity index (χ1n) is 11.5. The second-order valence-electron chi connectivity index (χ2n) is 8.66. The molecule has 2 amide bonds. The van der Waals surface area contributed by atoms with Crippen LogP contribution in [0.3, 0.4) is 0 Å². The van der Waals surface area contributed by atoms with Crippen molar-refractivity contribution >= 4 is 41.1 Å². The van der Waals surface area contributed by atoms with E-state index in [1.165, 1.54) is 16.7 Å². The summed E-state index contributed by atoms with van der Waals surface area (Å²) in [6.07, 6.45) is 0.151. The fraction of sp³-hybridized carbons (Fsp3) is 0.179. The van der Waals surface area contributed by atoms with Gasteiger partial charge in [0.2, 0.25) is 5.91 Å². The summed E-state index contributed by atoms with van der Waals surface area (Å²) in [6.45, 7) is 0. The van der Waals surface area contributed by atoms with E-state index in [2.05, 4.69) is 5.32 Å². The molecule has 2 aliphatic rings. The molecule has 3 aromatic rings. The summed E-state index contributed by atoms with van der Waals surface area (Å²) in [7, 11) is 0. The molecule has 1 saturated heterocycles. The van der Waals surface area contributed by atoms with Crippen LogP contribution in [0.2, 0.25) is 0 Å². The summed E-state index contributed by atoms with van der Waals surface area (Å²) in [4.78, 5) is 40.9. The highest BCUT2D eigenvalue weighted by molar-refractivity contribution is 8.00.